The molecule has 0 amide bonds. The molecule has 0 N–H and O–H groups in total. The Bertz CT molecular complexity index is 657. The zero-order chi connectivity index (χ0) is 16.0. The van der Waals surface area contributed by atoms with E-state index in [9.17, 15) is 19.7 Å². The lowest BCUT2D eigenvalue weighted by Crippen LogP contribution is -2.06. The Morgan fingerprint density at radius 3 is 2.62 bits per heavy atom. The number of hydrogen-bond acceptors (Lipinski definition) is 6. The number of esters is 1. The first-order valence-electron chi connectivity index (χ1n) is 5.86. The Kier molecular flexibility index (Phi) is 5.93. The van der Waals surface area contributed by atoms with Crippen molar-refractivity contribution in [1.29, 1.82) is 0 Å². The minimum atomic E-state index is -0.655. The number of rotatable bonds is 3. The van der Waals surface area contributed by atoms with Gasteiger partial charge in [0.1, 0.15) is 0 Å². The smallest absolute Gasteiger partial charge is 0.338 e. The molecule has 0 aliphatic heterocycles. The highest BCUT2D eigenvalue weighted by molar-refractivity contribution is 8.13. The molecule has 0 radical (unpaired) electrons. The van der Waals surface area contributed by atoms with Crippen LogP contribution < -0.4 is 0 Å². The summed E-state index contributed by atoms with van der Waals surface area (Å²) >= 11 is 1.04. The summed E-state index contributed by atoms with van der Waals surface area (Å²) in [6.45, 7) is 2.91. The second-order valence-electron chi connectivity index (χ2n) is 4.00. The number of thioether (sulfide) groups is 1. The highest BCUT2D eigenvalue weighted by Gasteiger charge is 2.20. The van der Waals surface area contributed by atoms with Crippen molar-refractivity contribution in [3.05, 3.63) is 38.9 Å². The topological polar surface area (TPSA) is 86.5 Å². The van der Waals surface area contributed by atoms with E-state index in [1.807, 2.05) is 0 Å². The molecule has 0 bridgehead atoms. The minimum absolute atomic E-state index is 0.0607. The van der Waals surface area contributed by atoms with Gasteiger partial charge in [-0.25, -0.2) is 4.79 Å². The van der Waals surface area contributed by atoms with Gasteiger partial charge in [-0.3, -0.25) is 14.9 Å². The van der Waals surface area contributed by atoms with Crippen LogP contribution in [-0.2, 0) is 9.53 Å². The first kappa shape index (κ1) is 16.7. The van der Waals surface area contributed by atoms with E-state index >= 15 is 0 Å². The van der Waals surface area contributed by atoms with Crippen molar-refractivity contribution >= 4 is 28.5 Å². The molecule has 0 aromatic heterocycles. The number of benzene rings is 1. The molecule has 0 heterocycles. The van der Waals surface area contributed by atoms with Crippen LogP contribution in [0.5, 0.6) is 0 Å². The number of nitro groups is 1. The molecule has 0 aliphatic carbocycles. The van der Waals surface area contributed by atoms with E-state index in [1.165, 1.54) is 33.1 Å². The van der Waals surface area contributed by atoms with Gasteiger partial charge in [0.2, 0.25) is 0 Å². The largest absolute Gasteiger partial charge is 0.465 e. The average Bonchev–Trinajstić information content (AvgIpc) is 2.43. The van der Waals surface area contributed by atoms with Gasteiger partial charge in [-0.1, -0.05) is 23.6 Å². The van der Waals surface area contributed by atoms with Crippen LogP contribution >= 0.6 is 11.8 Å². The van der Waals surface area contributed by atoms with Gasteiger partial charge in [-0.15, -0.1) is 0 Å². The third kappa shape index (κ3) is 4.61. The number of nitro benzene ring substituents is 1. The van der Waals surface area contributed by atoms with E-state index in [-0.39, 0.29) is 27.7 Å². The van der Waals surface area contributed by atoms with Gasteiger partial charge in [0.15, 0.2) is 5.12 Å². The van der Waals surface area contributed by atoms with E-state index in [1.54, 1.807) is 0 Å². The first-order valence-corrected chi connectivity index (χ1v) is 6.85. The van der Waals surface area contributed by atoms with Gasteiger partial charge in [0, 0.05) is 24.1 Å². The maximum Gasteiger partial charge on any atom is 0.338 e. The maximum absolute atomic E-state index is 11.6. The van der Waals surface area contributed by atoms with E-state index in [4.69, 9.17) is 0 Å². The number of hydrogen-bond donors (Lipinski definition) is 0. The summed E-state index contributed by atoms with van der Waals surface area (Å²) in [6, 6.07) is 2.74. The quantitative estimate of drug-likeness (QED) is 0.368. The Labute approximate surface area is 126 Å². The number of carbonyl (C=O) groups excluding carboxylic acids is 2. The molecule has 0 saturated carbocycles. The molecule has 1 aromatic carbocycles. The highest BCUT2D eigenvalue weighted by Crippen LogP contribution is 2.24. The highest BCUT2D eigenvalue weighted by atomic mass is 32.2. The summed E-state index contributed by atoms with van der Waals surface area (Å²) in [4.78, 5) is 32.8. The number of carbonyl (C=O) groups is 2. The number of ether oxygens (including phenoxy) is 1. The van der Waals surface area contributed by atoms with Gasteiger partial charge < -0.3 is 4.74 Å². The molecule has 6 nitrogen and oxygen atoms in total. The average molecular weight is 307 g/mol. The van der Waals surface area contributed by atoms with Gasteiger partial charge in [-0.05, 0) is 13.0 Å². The number of nitrogens with zero attached hydrogens (tertiary/aromatic N) is 1. The second-order valence-corrected chi connectivity index (χ2v) is 5.15. The van der Waals surface area contributed by atoms with Gasteiger partial charge in [-0.2, -0.15) is 0 Å². The van der Waals surface area contributed by atoms with Crippen LogP contribution in [0.1, 0.15) is 28.4 Å². The molecule has 1 aromatic rings. The van der Waals surface area contributed by atoms with Gasteiger partial charge >= 0.3 is 5.97 Å². The lowest BCUT2D eigenvalue weighted by Gasteiger charge is -2.05. The van der Waals surface area contributed by atoms with Crippen LogP contribution in [0.3, 0.4) is 0 Å². The van der Waals surface area contributed by atoms with Crippen molar-refractivity contribution < 1.29 is 19.2 Å². The van der Waals surface area contributed by atoms with Crippen molar-refractivity contribution in [2.45, 2.75) is 13.8 Å². The van der Waals surface area contributed by atoms with Crippen molar-refractivity contribution in [3.8, 4) is 11.8 Å². The van der Waals surface area contributed by atoms with E-state index in [2.05, 4.69) is 16.6 Å². The van der Waals surface area contributed by atoms with Crippen molar-refractivity contribution in [3.63, 3.8) is 0 Å². The summed E-state index contributed by atoms with van der Waals surface area (Å²) in [5.74, 6) is 5.05. The summed E-state index contributed by atoms with van der Waals surface area (Å²) in [5, 5.41) is 11.0. The van der Waals surface area contributed by atoms with Crippen LogP contribution in [0.4, 0.5) is 5.69 Å². The fourth-order valence-electron chi connectivity index (χ4n) is 1.56. The monoisotopic (exact) mass is 307 g/mol. The summed E-state index contributed by atoms with van der Waals surface area (Å²) in [6.07, 6.45) is 0. The molecule has 0 spiro atoms. The molecule has 0 atom stereocenters. The Morgan fingerprint density at radius 2 is 2.10 bits per heavy atom. The lowest BCUT2D eigenvalue weighted by molar-refractivity contribution is -0.385. The van der Waals surface area contributed by atoms with Crippen LogP contribution in [0.2, 0.25) is 0 Å². The third-order valence-electron chi connectivity index (χ3n) is 2.56. The molecule has 0 unspecified atom stereocenters. The van der Waals surface area contributed by atoms with Crippen molar-refractivity contribution in [2.75, 3.05) is 12.9 Å². The number of methoxy groups -OCH3 is 1. The van der Waals surface area contributed by atoms with E-state index < -0.39 is 10.9 Å². The fraction of sp³-hybridized carbons (Fsp3) is 0.286. The normalized spacial score (nSPS) is 9.48. The standard InChI is InChI=1S/C14H13NO5S/c1-9-12(14(17)20-3)7-11(8-13(9)15(18)19)5-4-6-21-10(2)16/h7-8H,6H2,1-3H3. The lowest BCUT2D eigenvalue weighted by atomic mass is 10.0. The maximum atomic E-state index is 11.6. The summed E-state index contributed by atoms with van der Waals surface area (Å²) in [5.41, 5.74) is 0.476. The molecule has 21 heavy (non-hydrogen) atoms. The first-order chi connectivity index (χ1) is 9.86. The molecular weight excluding hydrogens is 294 g/mol. The molecule has 110 valence electrons. The molecule has 1 rings (SSSR count). The van der Waals surface area contributed by atoms with Crippen LogP contribution in [-0.4, -0.2) is 28.9 Å². The Morgan fingerprint density at radius 1 is 1.43 bits per heavy atom. The fourth-order valence-corrected chi connectivity index (χ4v) is 1.91. The predicted molar refractivity (Wildman–Crippen MR) is 79.2 cm³/mol. The minimum Gasteiger partial charge on any atom is -0.465 e. The summed E-state index contributed by atoms with van der Waals surface area (Å²) < 4.78 is 4.61. The molecule has 0 saturated heterocycles. The third-order valence-corrected chi connectivity index (χ3v) is 3.26. The molecule has 0 aliphatic rings. The van der Waals surface area contributed by atoms with E-state index in [0.717, 1.165) is 11.8 Å². The zero-order valence-electron chi connectivity index (χ0n) is 11.8. The van der Waals surface area contributed by atoms with Crippen molar-refractivity contribution in [2.24, 2.45) is 0 Å². The summed E-state index contributed by atoms with van der Waals surface area (Å²) in [7, 11) is 1.20. The predicted octanol–water partition coefficient (Wildman–Crippen LogP) is 2.32. The Balaban J connectivity index is 3.21. The zero-order valence-corrected chi connectivity index (χ0v) is 12.6. The van der Waals surface area contributed by atoms with E-state index in [0.29, 0.717) is 5.56 Å². The van der Waals surface area contributed by atoms with Crippen LogP contribution in [0.15, 0.2) is 12.1 Å². The second kappa shape index (κ2) is 7.45. The SMILES string of the molecule is COC(=O)c1cc(C#CCSC(C)=O)cc([N+](=O)[O-])c1C. The molecular formula is C14H13NO5S. The Hall–Kier alpha value is -2.33. The van der Waals surface area contributed by atoms with Crippen molar-refractivity contribution in [1.82, 2.24) is 0 Å². The van der Waals surface area contributed by atoms with Crippen LogP contribution in [0, 0.1) is 28.9 Å². The van der Waals surface area contributed by atoms with Gasteiger partial charge in [0.25, 0.3) is 5.69 Å². The van der Waals surface area contributed by atoms with Gasteiger partial charge in [0.05, 0.1) is 23.3 Å². The molecule has 7 heteroatoms. The molecule has 0 fully saturated rings. The van der Waals surface area contributed by atoms with Crippen LogP contribution in [0.25, 0.3) is 0 Å².